The zero-order chi connectivity index (χ0) is 16.8. The summed E-state index contributed by atoms with van der Waals surface area (Å²) in [6, 6.07) is 19.8. The van der Waals surface area contributed by atoms with Gasteiger partial charge in [0, 0.05) is 23.7 Å². The highest BCUT2D eigenvalue weighted by Gasteiger charge is 2.39. The third-order valence-corrected chi connectivity index (χ3v) is 8.05. The maximum absolute atomic E-state index is 14.5. The lowest BCUT2D eigenvalue weighted by molar-refractivity contribution is 0.0315. The molecule has 1 heterocycles. The second kappa shape index (κ2) is 7.94. The number of rotatable bonds is 6. The molecule has 0 aliphatic carbocycles. The second-order valence-corrected chi connectivity index (χ2v) is 8.93. The third-order valence-electron chi connectivity index (χ3n) is 4.54. The molecule has 1 aliphatic rings. The summed E-state index contributed by atoms with van der Waals surface area (Å²) in [4.78, 5) is 2.31. The molecule has 1 fully saturated rings. The Kier molecular flexibility index (Phi) is 5.68. The van der Waals surface area contributed by atoms with E-state index in [0.717, 1.165) is 23.7 Å². The minimum Gasteiger partial charge on any atom is -0.379 e. The third kappa shape index (κ3) is 3.39. The molecule has 0 radical (unpaired) electrons. The van der Waals surface area contributed by atoms with Crippen LogP contribution < -0.4 is 10.6 Å². The molecule has 1 aliphatic heterocycles. The first-order valence-corrected chi connectivity index (χ1v) is 10.2. The molecule has 0 bridgehead atoms. The van der Waals surface area contributed by atoms with E-state index in [2.05, 4.69) is 11.5 Å². The van der Waals surface area contributed by atoms with Crippen molar-refractivity contribution in [3.63, 3.8) is 0 Å². The van der Waals surface area contributed by atoms with Crippen molar-refractivity contribution in [1.29, 1.82) is 0 Å². The summed E-state index contributed by atoms with van der Waals surface area (Å²) in [6.07, 6.45) is 2.58. The first-order chi connectivity index (χ1) is 11.8. The van der Waals surface area contributed by atoms with Crippen LogP contribution in [0.25, 0.3) is 0 Å². The lowest BCUT2D eigenvalue weighted by atomic mass is 10.3. The van der Waals surface area contributed by atoms with Gasteiger partial charge in [0.05, 0.1) is 19.0 Å². The molecule has 0 amide bonds. The Morgan fingerprint density at radius 2 is 1.50 bits per heavy atom. The fourth-order valence-corrected chi connectivity index (χ4v) is 6.70. The largest absolute Gasteiger partial charge is 0.379 e. The minimum atomic E-state index is -2.82. The zero-order valence-corrected chi connectivity index (χ0v) is 14.8. The van der Waals surface area contributed by atoms with Crippen molar-refractivity contribution in [2.45, 2.75) is 12.2 Å². The molecule has 126 valence electrons. The van der Waals surface area contributed by atoms with Crippen molar-refractivity contribution in [2.75, 3.05) is 26.3 Å². The van der Waals surface area contributed by atoms with E-state index >= 15 is 0 Å². The van der Waals surface area contributed by atoms with E-state index in [9.17, 15) is 4.57 Å². The molecule has 0 saturated carbocycles. The van der Waals surface area contributed by atoms with E-state index in [1.165, 1.54) is 0 Å². The van der Waals surface area contributed by atoms with Crippen LogP contribution in [0, 0.1) is 0 Å². The lowest BCUT2D eigenvalue weighted by Crippen LogP contribution is -2.46. The van der Waals surface area contributed by atoms with Crippen LogP contribution >= 0.6 is 7.14 Å². The maximum Gasteiger partial charge on any atom is 0.159 e. The summed E-state index contributed by atoms with van der Waals surface area (Å²) in [6.45, 7) is 6.92. The van der Waals surface area contributed by atoms with Gasteiger partial charge >= 0.3 is 0 Å². The predicted molar refractivity (Wildman–Crippen MR) is 101 cm³/mol. The highest BCUT2D eigenvalue weighted by Crippen LogP contribution is 2.51. The highest BCUT2D eigenvalue weighted by molar-refractivity contribution is 7.79. The SMILES string of the molecule is C=CCC(N1CCOCC1)P(=O)(c1ccccc1)c1ccccc1. The molecule has 0 N–H and O–H groups in total. The highest BCUT2D eigenvalue weighted by atomic mass is 31.2. The lowest BCUT2D eigenvalue weighted by Gasteiger charge is -2.39. The standard InChI is InChI=1S/C20H24NO2P/c1-2-9-20(21-14-16-23-17-15-21)24(22,18-10-5-3-6-11-18)19-12-7-4-8-13-19/h2-8,10-13,20H,1,9,14-17H2. The molecule has 2 aromatic carbocycles. The fourth-order valence-electron chi connectivity index (χ4n) is 3.34. The number of benzene rings is 2. The molecular weight excluding hydrogens is 317 g/mol. The van der Waals surface area contributed by atoms with Crippen molar-refractivity contribution in [3.8, 4) is 0 Å². The number of ether oxygens (including phenoxy) is 1. The molecule has 2 aromatic rings. The van der Waals surface area contributed by atoms with Crippen LogP contribution in [-0.2, 0) is 9.30 Å². The van der Waals surface area contributed by atoms with Gasteiger partial charge in [-0.25, -0.2) is 0 Å². The summed E-state index contributed by atoms with van der Waals surface area (Å²) >= 11 is 0. The van der Waals surface area contributed by atoms with Crippen molar-refractivity contribution in [1.82, 2.24) is 4.90 Å². The minimum absolute atomic E-state index is 0.0799. The van der Waals surface area contributed by atoms with Gasteiger partial charge in [0.1, 0.15) is 0 Å². The van der Waals surface area contributed by atoms with Crippen LogP contribution in [0.4, 0.5) is 0 Å². The monoisotopic (exact) mass is 341 g/mol. The molecule has 0 spiro atoms. The Morgan fingerprint density at radius 3 is 1.96 bits per heavy atom. The second-order valence-electron chi connectivity index (χ2n) is 5.98. The zero-order valence-electron chi connectivity index (χ0n) is 13.9. The quantitative estimate of drug-likeness (QED) is 0.597. The first-order valence-electron chi connectivity index (χ1n) is 8.40. The Balaban J connectivity index is 2.11. The van der Waals surface area contributed by atoms with E-state index in [4.69, 9.17) is 4.74 Å². The van der Waals surface area contributed by atoms with Crippen molar-refractivity contribution in [2.24, 2.45) is 0 Å². The van der Waals surface area contributed by atoms with Crippen molar-refractivity contribution < 1.29 is 9.30 Å². The van der Waals surface area contributed by atoms with Crippen LogP contribution in [-0.4, -0.2) is 37.0 Å². The van der Waals surface area contributed by atoms with Gasteiger partial charge in [0.15, 0.2) is 7.14 Å². The molecule has 3 rings (SSSR count). The summed E-state index contributed by atoms with van der Waals surface area (Å²) in [5.41, 5.74) is 0. The molecule has 24 heavy (non-hydrogen) atoms. The molecule has 0 aromatic heterocycles. The van der Waals surface area contributed by atoms with Crippen LogP contribution in [0.5, 0.6) is 0 Å². The van der Waals surface area contributed by atoms with Gasteiger partial charge in [-0.15, -0.1) is 6.58 Å². The maximum atomic E-state index is 14.5. The summed E-state index contributed by atoms with van der Waals surface area (Å²) in [5.74, 6) is -0.0799. The Bertz CT molecular complexity index is 653. The molecular formula is C20H24NO2P. The molecule has 1 unspecified atom stereocenters. The molecule has 4 heteroatoms. The van der Waals surface area contributed by atoms with Gasteiger partial charge < -0.3 is 9.30 Å². The number of hydrogen-bond acceptors (Lipinski definition) is 3. The number of nitrogens with zero attached hydrogens (tertiary/aromatic N) is 1. The van der Waals surface area contributed by atoms with Crippen molar-refractivity contribution >= 4 is 17.8 Å². The van der Waals surface area contributed by atoms with Gasteiger partial charge in [-0.2, -0.15) is 0 Å². The van der Waals surface area contributed by atoms with Gasteiger partial charge in [0.2, 0.25) is 0 Å². The topological polar surface area (TPSA) is 29.5 Å². The van der Waals surface area contributed by atoms with Gasteiger partial charge in [-0.3, -0.25) is 4.90 Å². The fraction of sp³-hybridized carbons (Fsp3) is 0.300. The average Bonchev–Trinajstić information content (AvgIpc) is 2.67. The van der Waals surface area contributed by atoms with Crippen LogP contribution in [0.15, 0.2) is 73.3 Å². The van der Waals surface area contributed by atoms with E-state index in [0.29, 0.717) is 19.6 Å². The van der Waals surface area contributed by atoms with Gasteiger partial charge in [0.25, 0.3) is 0 Å². The van der Waals surface area contributed by atoms with E-state index in [1.807, 2.05) is 66.7 Å². The summed E-state index contributed by atoms with van der Waals surface area (Å²) < 4.78 is 20.0. The van der Waals surface area contributed by atoms with Crippen LogP contribution in [0.3, 0.4) is 0 Å². The predicted octanol–water partition coefficient (Wildman–Crippen LogP) is 3.23. The number of morpholine rings is 1. The van der Waals surface area contributed by atoms with E-state index < -0.39 is 7.14 Å². The normalized spacial score (nSPS) is 17.3. The van der Waals surface area contributed by atoms with E-state index in [1.54, 1.807) is 0 Å². The van der Waals surface area contributed by atoms with E-state index in [-0.39, 0.29) is 5.78 Å². The van der Waals surface area contributed by atoms with Gasteiger partial charge in [-0.1, -0.05) is 66.7 Å². The Morgan fingerprint density at radius 1 is 1.00 bits per heavy atom. The summed E-state index contributed by atoms with van der Waals surface area (Å²) in [7, 11) is -2.82. The Hall–Kier alpha value is -1.67. The van der Waals surface area contributed by atoms with Crippen LogP contribution in [0.2, 0.25) is 0 Å². The first kappa shape index (κ1) is 17.2. The number of hydrogen-bond donors (Lipinski definition) is 0. The molecule has 3 nitrogen and oxygen atoms in total. The van der Waals surface area contributed by atoms with Gasteiger partial charge in [-0.05, 0) is 6.42 Å². The molecule has 1 atom stereocenters. The summed E-state index contributed by atoms with van der Waals surface area (Å²) in [5, 5.41) is 1.82. The average molecular weight is 341 g/mol. The Labute approximate surface area is 144 Å². The smallest absolute Gasteiger partial charge is 0.159 e. The van der Waals surface area contributed by atoms with Crippen molar-refractivity contribution in [3.05, 3.63) is 73.3 Å². The van der Waals surface area contributed by atoms with Crippen LogP contribution in [0.1, 0.15) is 6.42 Å². The molecule has 1 saturated heterocycles.